The zero-order valence-corrected chi connectivity index (χ0v) is 12.9. The average Bonchev–Trinajstić information content (AvgIpc) is 2.42. The maximum atomic E-state index is 11.0. The van der Waals surface area contributed by atoms with Gasteiger partial charge in [0.15, 0.2) is 0 Å². The summed E-state index contributed by atoms with van der Waals surface area (Å²) in [4.78, 5) is 11.0. The number of rotatable bonds is 4. The highest BCUT2D eigenvalue weighted by molar-refractivity contribution is 5.88. The Kier molecular flexibility index (Phi) is 4.32. The third kappa shape index (κ3) is 3.24. The van der Waals surface area contributed by atoms with Crippen LogP contribution in [0.4, 0.5) is 11.4 Å². The second kappa shape index (κ2) is 6.00. The van der Waals surface area contributed by atoms with E-state index in [0.29, 0.717) is 11.5 Å². The molecule has 2 aromatic carbocycles. The summed E-state index contributed by atoms with van der Waals surface area (Å²) in [5, 5.41) is 12.5. The standard InChI is InChI=1S/C18H21NO2/c1-11(2)15-7-5-6-12(3)17(15)19-16-9-8-14(18(20)21)10-13(16)4/h5-11,19H,1-4H3,(H,20,21). The molecule has 0 bridgehead atoms. The number of carboxylic acid groups (broad SMARTS) is 1. The van der Waals surface area contributed by atoms with Crippen LogP contribution in [0.1, 0.15) is 46.8 Å². The number of nitrogens with one attached hydrogen (secondary N) is 1. The molecule has 0 spiro atoms. The number of benzene rings is 2. The van der Waals surface area contributed by atoms with Crippen molar-refractivity contribution in [1.82, 2.24) is 0 Å². The van der Waals surface area contributed by atoms with Crippen LogP contribution in [0.25, 0.3) is 0 Å². The van der Waals surface area contributed by atoms with Crippen LogP contribution in [0.2, 0.25) is 0 Å². The Bertz CT molecular complexity index is 675. The van der Waals surface area contributed by atoms with Gasteiger partial charge in [0.1, 0.15) is 0 Å². The molecule has 0 fully saturated rings. The molecule has 0 atom stereocenters. The molecule has 110 valence electrons. The molecule has 0 heterocycles. The highest BCUT2D eigenvalue weighted by Crippen LogP contribution is 2.31. The van der Waals surface area contributed by atoms with Gasteiger partial charge in [0.05, 0.1) is 5.56 Å². The first-order valence-corrected chi connectivity index (χ1v) is 7.10. The quantitative estimate of drug-likeness (QED) is 0.841. The smallest absolute Gasteiger partial charge is 0.335 e. The highest BCUT2D eigenvalue weighted by atomic mass is 16.4. The van der Waals surface area contributed by atoms with E-state index in [0.717, 1.165) is 16.9 Å². The monoisotopic (exact) mass is 283 g/mol. The lowest BCUT2D eigenvalue weighted by atomic mass is 9.97. The molecule has 2 rings (SSSR count). The molecule has 0 amide bonds. The molecule has 21 heavy (non-hydrogen) atoms. The van der Waals surface area contributed by atoms with Gasteiger partial charge in [-0.25, -0.2) is 4.79 Å². The van der Waals surface area contributed by atoms with E-state index in [1.165, 1.54) is 11.1 Å². The largest absolute Gasteiger partial charge is 0.478 e. The third-order valence-corrected chi connectivity index (χ3v) is 3.66. The first-order valence-electron chi connectivity index (χ1n) is 7.10. The summed E-state index contributed by atoms with van der Waals surface area (Å²) < 4.78 is 0. The van der Waals surface area contributed by atoms with Crippen molar-refractivity contribution in [3.05, 3.63) is 58.7 Å². The minimum atomic E-state index is -0.900. The minimum Gasteiger partial charge on any atom is -0.478 e. The molecular weight excluding hydrogens is 262 g/mol. The normalized spacial score (nSPS) is 10.7. The van der Waals surface area contributed by atoms with Gasteiger partial charge < -0.3 is 10.4 Å². The number of carboxylic acids is 1. The second-order valence-electron chi connectivity index (χ2n) is 5.65. The summed E-state index contributed by atoms with van der Waals surface area (Å²) in [7, 11) is 0. The Hall–Kier alpha value is -2.29. The summed E-state index contributed by atoms with van der Waals surface area (Å²) in [5.74, 6) is -0.477. The molecule has 0 saturated heterocycles. The zero-order chi connectivity index (χ0) is 15.6. The SMILES string of the molecule is Cc1cc(C(=O)O)ccc1Nc1c(C)cccc1C(C)C. The second-order valence-corrected chi connectivity index (χ2v) is 5.65. The summed E-state index contributed by atoms with van der Waals surface area (Å²) >= 11 is 0. The Labute approximate surface area is 125 Å². The number of hydrogen-bond acceptors (Lipinski definition) is 2. The molecule has 0 aromatic heterocycles. The fourth-order valence-corrected chi connectivity index (χ4v) is 2.41. The van der Waals surface area contributed by atoms with Gasteiger partial charge in [0.25, 0.3) is 0 Å². The lowest BCUT2D eigenvalue weighted by molar-refractivity contribution is 0.0697. The van der Waals surface area contributed by atoms with E-state index in [4.69, 9.17) is 5.11 Å². The summed E-state index contributed by atoms with van der Waals surface area (Å²) in [6.07, 6.45) is 0. The molecule has 0 aliphatic rings. The van der Waals surface area contributed by atoms with Crippen molar-refractivity contribution in [3.8, 4) is 0 Å². The highest BCUT2D eigenvalue weighted by Gasteiger charge is 2.11. The Morgan fingerprint density at radius 1 is 1.10 bits per heavy atom. The topological polar surface area (TPSA) is 49.3 Å². The number of para-hydroxylation sites is 1. The van der Waals surface area contributed by atoms with Gasteiger partial charge in [-0.2, -0.15) is 0 Å². The molecule has 2 aromatic rings. The molecular formula is C18H21NO2. The summed E-state index contributed by atoms with van der Waals surface area (Å²) in [6, 6.07) is 11.4. The lowest BCUT2D eigenvalue weighted by Crippen LogP contribution is -2.03. The van der Waals surface area contributed by atoms with Gasteiger partial charge in [0, 0.05) is 11.4 Å². The van der Waals surface area contributed by atoms with Gasteiger partial charge in [0.2, 0.25) is 0 Å². The Morgan fingerprint density at radius 3 is 2.38 bits per heavy atom. The van der Waals surface area contributed by atoms with Gasteiger partial charge in [-0.1, -0.05) is 32.0 Å². The number of hydrogen-bond donors (Lipinski definition) is 2. The zero-order valence-electron chi connectivity index (χ0n) is 12.9. The lowest BCUT2D eigenvalue weighted by Gasteiger charge is -2.18. The van der Waals surface area contributed by atoms with Crippen molar-refractivity contribution in [2.75, 3.05) is 5.32 Å². The molecule has 2 N–H and O–H groups in total. The van der Waals surface area contributed by atoms with Crippen LogP contribution in [-0.4, -0.2) is 11.1 Å². The molecule has 0 unspecified atom stereocenters. The van der Waals surface area contributed by atoms with Crippen molar-refractivity contribution in [1.29, 1.82) is 0 Å². The van der Waals surface area contributed by atoms with Crippen LogP contribution >= 0.6 is 0 Å². The molecule has 0 saturated carbocycles. The first-order chi connectivity index (χ1) is 9.90. The fourth-order valence-electron chi connectivity index (χ4n) is 2.41. The van der Waals surface area contributed by atoms with Gasteiger partial charge in [-0.15, -0.1) is 0 Å². The number of aryl methyl sites for hydroxylation is 2. The third-order valence-electron chi connectivity index (χ3n) is 3.66. The van der Waals surface area contributed by atoms with Crippen LogP contribution < -0.4 is 5.32 Å². The van der Waals surface area contributed by atoms with Crippen LogP contribution in [-0.2, 0) is 0 Å². The van der Waals surface area contributed by atoms with E-state index in [-0.39, 0.29) is 0 Å². The van der Waals surface area contributed by atoms with E-state index in [2.05, 4.69) is 44.3 Å². The predicted octanol–water partition coefficient (Wildman–Crippen LogP) is 4.87. The summed E-state index contributed by atoms with van der Waals surface area (Å²) in [6.45, 7) is 8.33. The van der Waals surface area contributed by atoms with Gasteiger partial charge >= 0.3 is 5.97 Å². The van der Waals surface area contributed by atoms with E-state index >= 15 is 0 Å². The predicted molar refractivity (Wildman–Crippen MR) is 86.7 cm³/mol. The Balaban J connectivity index is 2.41. The molecule has 3 nitrogen and oxygen atoms in total. The van der Waals surface area contributed by atoms with Crippen molar-refractivity contribution in [2.24, 2.45) is 0 Å². The van der Waals surface area contributed by atoms with Crippen molar-refractivity contribution in [2.45, 2.75) is 33.6 Å². The molecule has 3 heteroatoms. The van der Waals surface area contributed by atoms with Crippen LogP contribution in [0, 0.1) is 13.8 Å². The maximum Gasteiger partial charge on any atom is 0.335 e. The van der Waals surface area contributed by atoms with Crippen LogP contribution in [0.3, 0.4) is 0 Å². The first kappa shape index (κ1) is 15.1. The number of aromatic carboxylic acids is 1. The van der Waals surface area contributed by atoms with E-state index in [9.17, 15) is 4.79 Å². The average molecular weight is 283 g/mol. The van der Waals surface area contributed by atoms with Crippen molar-refractivity contribution in [3.63, 3.8) is 0 Å². The van der Waals surface area contributed by atoms with Gasteiger partial charge in [-0.05, 0) is 54.7 Å². The van der Waals surface area contributed by atoms with Crippen molar-refractivity contribution < 1.29 is 9.90 Å². The van der Waals surface area contributed by atoms with Crippen molar-refractivity contribution >= 4 is 17.3 Å². The van der Waals surface area contributed by atoms with Gasteiger partial charge in [-0.3, -0.25) is 0 Å². The molecule has 0 radical (unpaired) electrons. The summed E-state index contributed by atoms with van der Waals surface area (Å²) in [5.41, 5.74) is 5.73. The number of anilines is 2. The molecule has 0 aliphatic heterocycles. The van der Waals surface area contributed by atoms with Crippen LogP contribution in [0.5, 0.6) is 0 Å². The number of carbonyl (C=O) groups is 1. The minimum absolute atomic E-state index is 0.312. The fraction of sp³-hybridized carbons (Fsp3) is 0.278. The van der Waals surface area contributed by atoms with Crippen LogP contribution in [0.15, 0.2) is 36.4 Å². The van der Waals surface area contributed by atoms with E-state index in [1.54, 1.807) is 12.1 Å². The van der Waals surface area contributed by atoms with E-state index in [1.807, 2.05) is 13.0 Å². The molecule has 0 aliphatic carbocycles. The Morgan fingerprint density at radius 2 is 1.81 bits per heavy atom. The van der Waals surface area contributed by atoms with E-state index < -0.39 is 5.97 Å². The maximum absolute atomic E-state index is 11.0.